The van der Waals surface area contributed by atoms with Gasteiger partial charge in [-0.05, 0) is 36.4 Å². The Morgan fingerprint density at radius 2 is 2.17 bits per heavy atom. The topological polar surface area (TPSA) is 34.1 Å². The van der Waals surface area contributed by atoms with Crippen LogP contribution in [0.25, 0.3) is 0 Å². The molecule has 1 aromatic heterocycles. The Labute approximate surface area is 115 Å². The van der Waals surface area contributed by atoms with Crippen LogP contribution in [-0.4, -0.2) is 11.5 Å². The van der Waals surface area contributed by atoms with Crippen molar-refractivity contribution in [1.82, 2.24) is 10.3 Å². The molecule has 0 bridgehead atoms. The second kappa shape index (κ2) is 6.52. The fourth-order valence-corrected chi connectivity index (χ4v) is 2.04. The van der Waals surface area contributed by atoms with Gasteiger partial charge in [0.05, 0.1) is 6.20 Å². The van der Waals surface area contributed by atoms with Crippen molar-refractivity contribution in [1.29, 1.82) is 0 Å². The lowest BCUT2D eigenvalue weighted by Crippen LogP contribution is -2.11. The lowest BCUT2D eigenvalue weighted by molar-refractivity contribution is 0.479. The maximum atomic E-state index is 5.71. The van der Waals surface area contributed by atoms with E-state index in [1.54, 1.807) is 12.4 Å². The number of hydrogen-bond donors (Lipinski definition) is 1. The number of nitrogens with one attached hydrogen (secondary N) is 1. The third kappa shape index (κ3) is 3.55. The average Bonchev–Trinajstić information content (AvgIpc) is 2.39. The van der Waals surface area contributed by atoms with Crippen molar-refractivity contribution in [2.45, 2.75) is 13.5 Å². The van der Waals surface area contributed by atoms with Gasteiger partial charge in [0, 0.05) is 17.2 Å². The fourth-order valence-electron chi connectivity index (χ4n) is 1.54. The van der Waals surface area contributed by atoms with Gasteiger partial charge in [-0.15, -0.1) is 0 Å². The number of aromatic nitrogens is 1. The maximum absolute atomic E-state index is 5.71. The Balaban J connectivity index is 2.09. The van der Waals surface area contributed by atoms with E-state index >= 15 is 0 Å². The first-order valence-electron chi connectivity index (χ1n) is 5.86. The first-order valence-corrected chi connectivity index (χ1v) is 6.66. The minimum absolute atomic E-state index is 0.740. The highest BCUT2D eigenvalue weighted by Gasteiger charge is 2.03. The van der Waals surface area contributed by atoms with Crippen LogP contribution in [0.15, 0.2) is 47.2 Å². The summed E-state index contributed by atoms with van der Waals surface area (Å²) in [4.78, 5) is 4.01. The molecule has 0 atom stereocenters. The van der Waals surface area contributed by atoms with Gasteiger partial charge in [-0.25, -0.2) is 0 Å². The van der Waals surface area contributed by atoms with Crippen molar-refractivity contribution in [3.8, 4) is 11.5 Å². The highest BCUT2D eigenvalue weighted by atomic mass is 79.9. The van der Waals surface area contributed by atoms with Gasteiger partial charge in [0.25, 0.3) is 0 Å². The molecule has 1 aromatic carbocycles. The number of rotatable bonds is 5. The normalized spacial score (nSPS) is 10.3. The van der Waals surface area contributed by atoms with Crippen molar-refractivity contribution in [3.63, 3.8) is 0 Å². The summed E-state index contributed by atoms with van der Waals surface area (Å²) < 4.78 is 6.75. The van der Waals surface area contributed by atoms with Gasteiger partial charge in [-0.1, -0.05) is 28.9 Å². The van der Waals surface area contributed by atoms with Crippen LogP contribution in [-0.2, 0) is 6.54 Å². The average molecular weight is 307 g/mol. The van der Waals surface area contributed by atoms with Crippen LogP contribution in [0.5, 0.6) is 11.5 Å². The van der Waals surface area contributed by atoms with Gasteiger partial charge in [-0.2, -0.15) is 0 Å². The molecule has 2 rings (SSSR count). The molecule has 0 radical (unpaired) electrons. The Bertz CT molecular complexity index is 502. The van der Waals surface area contributed by atoms with Gasteiger partial charge in [-0.3, -0.25) is 4.98 Å². The van der Waals surface area contributed by atoms with Crippen molar-refractivity contribution in [2.75, 3.05) is 6.54 Å². The summed E-state index contributed by atoms with van der Waals surface area (Å²) in [5.74, 6) is 1.54. The van der Waals surface area contributed by atoms with E-state index in [2.05, 4.69) is 39.2 Å². The molecular formula is C14H15BrN2O. The maximum Gasteiger partial charge on any atom is 0.145 e. The predicted molar refractivity (Wildman–Crippen MR) is 75.8 cm³/mol. The quantitative estimate of drug-likeness (QED) is 0.913. The second-order valence-electron chi connectivity index (χ2n) is 3.82. The Morgan fingerprint density at radius 3 is 2.83 bits per heavy atom. The molecule has 94 valence electrons. The van der Waals surface area contributed by atoms with Gasteiger partial charge in [0.1, 0.15) is 11.5 Å². The van der Waals surface area contributed by atoms with Gasteiger partial charge >= 0.3 is 0 Å². The van der Waals surface area contributed by atoms with E-state index in [0.29, 0.717) is 0 Å². The molecule has 2 aromatic rings. The Hall–Kier alpha value is -1.39. The van der Waals surface area contributed by atoms with Gasteiger partial charge in [0.2, 0.25) is 0 Å². The molecule has 4 heteroatoms. The number of pyridine rings is 1. The standard InChI is InChI=1S/C14H15BrN2O/c1-2-16-9-11-5-6-12(8-14(11)15)18-13-4-3-7-17-10-13/h3-8,10,16H,2,9H2,1H3. The molecule has 0 fully saturated rings. The molecular weight excluding hydrogens is 292 g/mol. The summed E-state index contributed by atoms with van der Waals surface area (Å²) >= 11 is 3.56. The number of hydrogen-bond acceptors (Lipinski definition) is 3. The molecule has 18 heavy (non-hydrogen) atoms. The summed E-state index contributed by atoms with van der Waals surface area (Å²) in [6.07, 6.45) is 3.42. The van der Waals surface area contributed by atoms with Crippen LogP contribution in [0.4, 0.5) is 0 Å². The van der Waals surface area contributed by atoms with Crippen molar-refractivity contribution >= 4 is 15.9 Å². The zero-order valence-corrected chi connectivity index (χ0v) is 11.8. The molecule has 1 N–H and O–H groups in total. The van der Waals surface area contributed by atoms with E-state index in [1.165, 1.54) is 5.56 Å². The van der Waals surface area contributed by atoms with E-state index < -0.39 is 0 Å². The Kier molecular flexibility index (Phi) is 4.73. The first-order chi connectivity index (χ1) is 8.79. The molecule has 0 aliphatic heterocycles. The van der Waals surface area contributed by atoms with Crippen LogP contribution in [0, 0.1) is 0 Å². The van der Waals surface area contributed by atoms with Crippen LogP contribution >= 0.6 is 15.9 Å². The highest BCUT2D eigenvalue weighted by molar-refractivity contribution is 9.10. The van der Waals surface area contributed by atoms with Crippen LogP contribution in [0.2, 0.25) is 0 Å². The SMILES string of the molecule is CCNCc1ccc(Oc2cccnc2)cc1Br. The van der Waals surface area contributed by atoms with E-state index in [1.807, 2.05) is 24.3 Å². The molecule has 0 spiro atoms. The first kappa shape index (κ1) is 13.1. The molecule has 3 nitrogen and oxygen atoms in total. The molecule has 0 aliphatic rings. The number of nitrogens with zero attached hydrogens (tertiary/aromatic N) is 1. The lowest BCUT2D eigenvalue weighted by Gasteiger charge is -2.09. The fraction of sp³-hybridized carbons (Fsp3) is 0.214. The summed E-state index contributed by atoms with van der Waals surface area (Å²) in [6, 6.07) is 9.72. The van der Waals surface area contributed by atoms with E-state index in [-0.39, 0.29) is 0 Å². The molecule has 0 amide bonds. The molecule has 0 saturated heterocycles. The Morgan fingerprint density at radius 1 is 1.28 bits per heavy atom. The molecule has 0 aliphatic carbocycles. The van der Waals surface area contributed by atoms with E-state index in [4.69, 9.17) is 4.74 Å². The van der Waals surface area contributed by atoms with Crippen molar-refractivity contribution < 1.29 is 4.74 Å². The minimum atomic E-state index is 0.740. The van der Waals surface area contributed by atoms with E-state index in [9.17, 15) is 0 Å². The summed E-state index contributed by atoms with van der Waals surface area (Å²) in [5, 5.41) is 3.29. The minimum Gasteiger partial charge on any atom is -0.456 e. The zero-order chi connectivity index (χ0) is 12.8. The second-order valence-corrected chi connectivity index (χ2v) is 4.68. The van der Waals surface area contributed by atoms with Gasteiger partial charge < -0.3 is 10.1 Å². The van der Waals surface area contributed by atoms with E-state index in [0.717, 1.165) is 29.1 Å². The smallest absolute Gasteiger partial charge is 0.145 e. The molecule has 1 heterocycles. The monoisotopic (exact) mass is 306 g/mol. The largest absolute Gasteiger partial charge is 0.456 e. The number of halogens is 1. The molecule has 0 unspecified atom stereocenters. The lowest BCUT2D eigenvalue weighted by atomic mass is 10.2. The predicted octanol–water partition coefficient (Wildman–Crippen LogP) is 3.75. The summed E-state index contributed by atoms with van der Waals surface area (Å²) in [6.45, 7) is 3.90. The van der Waals surface area contributed by atoms with Crippen LogP contribution < -0.4 is 10.1 Å². The third-order valence-electron chi connectivity index (χ3n) is 2.46. The van der Waals surface area contributed by atoms with Crippen LogP contribution in [0.1, 0.15) is 12.5 Å². The third-order valence-corrected chi connectivity index (χ3v) is 3.20. The summed E-state index contributed by atoms with van der Waals surface area (Å²) in [7, 11) is 0. The number of ether oxygens (including phenoxy) is 1. The van der Waals surface area contributed by atoms with Gasteiger partial charge in [0.15, 0.2) is 0 Å². The van der Waals surface area contributed by atoms with Crippen molar-refractivity contribution in [3.05, 3.63) is 52.8 Å². The van der Waals surface area contributed by atoms with Crippen molar-refractivity contribution in [2.24, 2.45) is 0 Å². The number of benzene rings is 1. The highest BCUT2D eigenvalue weighted by Crippen LogP contribution is 2.26. The zero-order valence-electron chi connectivity index (χ0n) is 10.2. The summed E-state index contributed by atoms with van der Waals surface area (Å²) in [5.41, 5.74) is 1.22. The molecule has 0 saturated carbocycles. The van der Waals surface area contributed by atoms with Crippen LogP contribution in [0.3, 0.4) is 0 Å².